The minimum atomic E-state index is -1.17. The molecule has 316 valence electrons. The van der Waals surface area contributed by atoms with Crippen LogP contribution in [-0.2, 0) is 30.5 Å². The van der Waals surface area contributed by atoms with E-state index in [0.717, 1.165) is 52.9 Å². The maximum absolute atomic E-state index is 15.1. The van der Waals surface area contributed by atoms with Crippen molar-refractivity contribution in [2.24, 2.45) is 16.9 Å². The number of carbonyl (C=O) groups is 5. The van der Waals surface area contributed by atoms with Gasteiger partial charge in [0.05, 0.1) is 17.0 Å². The number of nitrogens with zero attached hydrogens (tertiary/aromatic N) is 3. The van der Waals surface area contributed by atoms with E-state index in [1.165, 1.54) is 17.8 Å². The number of hydrogen-bond acceptors (Lipinski definition) is 9. The van der Waals surface area contributed by atoms with Crippen molar-refractivity contribution in [3.8, 4) is 11.1 Å². The number of aliphatic carboxylic acids is 1. The van der Waals surface area contributed by atoms with E-state index in [2.05, 4.69) is 26.1 Å². The highest BCUT2D eigenvalue weighted by atomic mass is 32.2. The highest BCUT2D eigenvalue weighted by Crippen LogP contribution is 2.41. The van der Waals surface area contributed by atoms with Crippen molar-refractivity contribution < 1.29 is 37.9 Å². The molecule has 2 aromatic carbocycles. The number of thioether (sulfide) groups is 2. The Morgan fingerprint density at radius 3 is 2.47 bits per heavy atom. The van der Waals surface area contributed by atoms with E-state index >= 15 is 4.39 Å². The summed E-state index contributed by atoms with van der Waals surface area (Å²) in [6.45, 7) is 7.65. The first-order chi connectivity index (χ1) is 27.6. The van der Waals surface area contributed by atoms with Gasteiger partial charge in [0, 0.05) is 67.8 Å². The summed E-state index contributed by atoms with van der Waals surface area (Å²) in [6.07, 6.45) is 4.86. The minimum Gasteiger partial charge on any atom is -0.480 e. The van der Waals surface area contributed by atoms with Gasteiger partial charge in [0.2, 0.25) is 23.6 Å². The maximum Gasteiger partial charge on any atom is 0.321 e. The van der Waals surface area contributed by atoms with Crippen LogP contribution in [0, 0.1) is 17.0 Å². The number of rotatable bonds is 23. The number of imide groups is 1. The number of amides is 4. The van der Waals surface area contributed by atoms with Crippen molar-refractivity contribution in [3.05, 3.63) is 83.7 Å². The molecule has 0 spiro atoms. The second kappa shape index (κ2) is 22.2. The normalized spacial score (nSPS) is 15.4. The van der Waals surface area contributed by atoms with Crippen molar-refractivity contribution in [1.82, 2.24) is 19.7 Å². The molecule has 3 aromatic rings. The van der Waals surface area contributed by atoms with Crippen LogP contribution in [0.2, 0.25) is 0 Å². The first-order valence-corrected chi connectivity index (χ1v) is 21.8. The van der Waals surface area contributed by atoms with Gasteiger partial charge in [-0.2, -0.15) is 11.8 Å². The number of carboxylic acids is 1. The molecule has 12 nitrogen and oxygen atoms in total. The van der Waals surface area contributed by atoms with Gasteiger partial charge < -0.3 is 31.4 Å². The Morgan fingerprint density at radius 1 is 1.03 bits per heavy atom. The molecule has 58 heavy (non-hydrogen) atoms. The topological polar surface area (TPSA) is 181 Å². The predicted octanol–water partition coefficient (Wildman–Crippen LogP) is 5.43. The Morgan fingerprint density at radius 2 is 1.78 bits per heavy atom. The number of halogens is 2. The zero-order valence-corrected chi connectivity index (χ0v) is 35.1. The molecule has 0 bridgehead atoms. The molecular weight excluding hydrogens is 787 g/mol. The summed E-state index contributed by atoms with van der Waals surface area (Å²) >= 11 is 2.57. The van der Waals surface area contributed by atoms with Gasteiger partial charge >= 0.3 is 5.97 Å². The fourth-order valence-electron chi connectivity index (χ4n) is 6.88. The molecule has 1 aliphatic rings. The number of carbonyl (C=O) groups excluding carboxylic acids is 4. The minimum absolute atomic E-state index is 0.0132. The molecule has 1 saturated heterocycles. The predicted molar refractivity (Wildman–Crippen MR) is 225 cm³/mol. The van der Waals surface area contributed by atoms with Gasteiger partial charge in [0.15, 0.2) is 0 Å². The molecule has 2 heterocycles. The van der Waals surface area contributed by atoms with Gasteiger partial charge in [-0.25, -0.2) is 8.78 Å². The first-order valence-electron chi connectivity index (χ1n) is 19.6. The van der Waals surface area contributed by atoms with Crippen molar-refractivity contribution in [2.75, 3.05) is 43.4 Å². The average molecular weight is 843 g/mol. The fourth-order valence-corrected chi connectivity index (χ4v) is 8.89. The van der Waals surface area contributed by atoms with Crippen LogP contribution in [0.4, 0.5) is 8.78 Å². The number of aromatic nitrogens is 1. The van der Waals surface area contributed by atoms with Crippen LogP contribution in [0.5, 0.6) is 0 Å². The molecule has 4 amide bonds. The second-order valence-corrected chi connectivity index (χ2v) is 17.8. The lowest BCUT2D eigenvalue weighted by atomic mass is 9.83. The van der Waals surface area contributed by atoms with Crippen LogP contribution in [0.15, 0.2) is 60.8 Å². The van der Waals surface area contributed by atoms with Crippen LogP contribution in [-0.4, -0.2) is 104 Å². The Balaban J connectivity index is 1.30. The first kappa shape index (κ1) is 46.4. The molecular formula is C42H56F2N6O6S2. The molecule has 0 radical (unpaired) electrons. The highest BCUT2D eigenvalue weighted by molar-refractivity contribution is 8.00. The van der Waals surface area contributed by atoms with Gasteiger partial charge in [-0.15, -0.1) is 11.8 Å². The fraction of sp³-hybridized carbons (Fsp3) is 0.500. The number of hydrogen-bond donors (Lipinski definition) is 4. The quantitative estimate of drug-likeness (QED) is 0.0711. The Hall–Kier alpha value is -4.25. The van der Waals surface area contributed by atoms with E-state index in [4.69, 9.17) is 16.6 Å². The molecule has 16 heteroatoms. The van der Waals surface area contributed by atoms with Crippen molar-refractivity contribution in [2.45, 2.75) is 83.2 Å². The molecule has 1 fully saturated rings. The number of likely N-dealkylation sites (tertiary alicyclic amines) is 1. The van der Waals surface area contributed by atoms with Gasteiger partial charge in [-0.1, -0.05) is 57.5 Å². The van der Waals surface area contributed by atoms with E-state index in [9.17, 15) is 28.4 Å². The smallest absolute Gasteiger partial charge is 0.321 e. The summed E-state index contributed by atoms with van der Waals surface area (Å²) in [5.41, 5.74) is 13.5. The molecule has 1 aliphatic heterocycles. The third-order valence-electron chi connectivity index (χ3n) is 9.77. The number of benzene rings is 2. The molecule has 0 aliphatic carbocycles. The summed E-state index contributed by atoms with van der Waals surface area (Å²) in [6, 6.07) is 13.6. The van der Waals surface area contributed by atoms with Crippen LogP contribution in [0.3, 0.4) is 0 Å². The highest BCUT2D eigenvalue weighted by Gasteiger charge is 2.39. The zero-order chi connectivity index (χ0) is 42.4. The van der Waals surface area contributed by atoms with Gasteiger partial charge in [-0.3, -0.25) is 28.9 Å². The van der Waals surface area contributed by atoms with Gasteiger partial charge in [0.25, 0.3) is 0 Å². The maximum atomic E-state index is 15.1. The van der Waals surface area contributed by atoms with Crippen LogP contribution in [0.1, 0.15) is 76.6 Å². The van der Waals surface area contributed by atoms with E-state index in [1.807, 2.05) is 52.1 Å². The summed E-state index contributed by atoms with van der Waals surface area (Å²) in [5.74, 6) is -2.30. The zero-order valence-electron chi connectivity index (χ0n) is 33.5. The molecule has 6 N–H and O–H groups in total. The van der Waals surface area contributed by atoms with E-state index in [1.54, 1.807) is 0 Å². The van der Waals surface area contributed by atoms with Crippen molar-refractivity contribution in [1.29, 1.82) is 0 Å². The number of carboxylic acid groups (broad SMARTS) is 1. The third-order valence-corrected chi connectivity index (χ3v) is 12.1. The van der Waals surface area contributed by atoms with Crippen molar-refractivity contribution >= 4 is 53.1 Å². The Kier molecular flexibility index (Phi) is 17.8. The number of unbranched alkanes of at least 4 members (excludes halogenated alkanes) is 2. The SMILES string of the molecule is CC(C)(C)C(c1cc(-c2cc(F)ccc2F)cn1Cc1ccccc1)N(CCCN)C(=O)CSCCCCCC(=O)NCCN1C(=O)CC(SCC(N)C(=O)O)C1=O. The lowest BCUT2D eigenvalue weighted by Gasteiger charge is -2.41. The van der Waals surface area contributed by atoms with Gasteiger partial charge in [-0.05, 0) is 66.8 Å². The van der Waals surface area contributed by atoms with E-state index in [0.29, 0.717) is 43.8 Å². The standard InChI is InChI=1S/C42H56F2N6O6S2/c1-42(2,3)39(34-21-29(31-22-30(43)14-15-32(31)44)25-48(34)24-28-11-6-4-7-12-28)49(18-10-16-45)38(53)27-57-20-9-5-8-13-36(51)47-17-19-50-37(52)23-35(40(50)54)58-26-33(46)41(55)56/h4,6-7,11-12,14-15,21-22,25,33,35,39H,5,8-10,13,16-20,23-24,26-27,45-46H2,1-3H3,(H,47,51)(H,55,56). The van der Waals surface area contributed by atoms with Crippen LogP contribution in [0.25, 0.3) is 11.1 Å². The number of nitrogens with one attached hydrogen (secondary N) is 1. The lowest BCUT2D eigenvalue weighted by Crippen LogP contribution is -2.44. The number of nitrogens with two attached hydrogens (primary N) is 2. The van der Waals surface area contributed by atoms with Crippen LogP contribution >= 0.6 is 23.5 Å². The third kappa shape index (κ3) is 13.4. The summed E-state index contributed by atoms with van der Waals surface area (Å²) in [5, 5.41) is 11.0. The van der Waals surface area contributed by atoms with Crippen molar-refractivity contribution in [3.63, 3.8) is 0 Å². The lowest BCUT2D eigenvalue weighted by molar-refractivity contribution is -0.139. The molecule has 1 aromatic heterocycles. The molecule has 4 rings (SSSR count). The average Bonchev–Trinajstić information content (AvgIpc) is 3.70. The van der Waals surface area contributed by atoms with E-state index in [-0.39, 0.29) is 60.7 Å². The Bertz CT molecular complexity index is 1870. The second-order valence-electron chi connectivity index (χ2n) is 15.5. The summed E-state index contributed by atoms with van der Waals surface area (Å²) < 4.78 is 31.4. The molecule has 3 atom stereocenters. The largest absolute Gasteiger partial charge is 0.480 e. The molecule has 3 unspecified atom stereocenters. The van der Waals surface area contributed by atoms with E-state index < -0.39 is 46.3 Å². The monoisotopic (exact) mass is 842 g/mol. The Labute approximate surface area is 347 Å². The van der Waals surface area contributed by atoms with Gasteiger partial charge in [0.1, 0.15) is 17.7 Å². The molecule has 0 saturated carbocycles. The summed E-state index contributed by atoms with van der Waals surface area (Å²) in [4.78, 5) is 65.4. The summed E-state index contributed by atoms with van der Waals surface area (Å²) in [7, 11) is 0. The van der Waals surface area contributed by atoms with Crippen LogP contribution < -0.4 is 16.8 Å².